The Hall–Kier alpha value is -0.840. The van der Waals surface area contributed by atoms with Crippen molar-refractivity contribution in [1.29, 1.82) is 0 Å². The zero-order valence-corrected chi connectivity index (χ0v) is 11.8. The molecule has 2 N–H and O–H groups in total. The van der Waals surface area contributed by atoms with Crippen molar-refractivity contribution in [2.45, 2.75) is 22.9 Å². The zero-order valence-electron chi connectivity index (χ0n) is 9.43. The van der Waals surface area contributed by atoms with Gasteiger partial charge >= 0.3 is 0 Å². The Morgan fingerprint density at radius 2 is 2.06 bits per heavy atom. The molecule has 4 heteroatoms. The SMILES string of the molecule is CC(N)c1ccnc(Sc2ccccc2Br)c1. The van der Waals surface area contributed by atoms with Crippen LogP contribution in [-0.2, 0) is 0 Å². The number of hydrogen-bond acceptors (Lipinski definition) is 3. The van der Waals surface area contributed by atoms with Gasteiger partial charge in [-0.05, 0) is 52.7 Å². The van der Waals surface area contributed by atoms with Crippen LogP contribution in [-0.4, -0.2) is 4.98 Å². The summed E-state index contributed by atoms with van der Waals surface area (Å²) in [5.41, 5.74) is 6.97. The first-order valence-electron chi connectivity index (χ1n) is 5.31. The average Bonchev–Trinajstić information content (AvgIpc) is 2.32. The van der Waals surface area contributed by atoms with Gasteiger partial charge in [0.1, 0.15) is 5.03 Å². The summed E-state index contributed by atoms with van der Waals surface area (Å²) in [6, 6.07) is 12.1. The number of aromatic nitrogens is 1. The van der Waals surface area contributed by atoms with Gasteiger partial charge in [0, 0.05) is 21.6 Å². The molecule has 1 unspecified atom stereocenters. The van der Waals surface area contributed by atoms with Crippen molar-refractivity contribution in [3.05, 3.63) is 52.6 Å². The van der Waals surface area contributed by atoms with Gasteiger partial charge in [0.2, 0.25) is 0 Å². The van der Waals surface area contributed by atoms with E-state index in [1.807, 2.05) is 37.3 Å². The van der Waals surface area contributed by atoms with Gasteiger partial charge in [-0.3, -0.25) is 0 Å². The van der Waals surface area contributed by atoms with Crippen LogP contribution in [0.15, 0.2) is 57.0 Å². The third-order valence-electron chi connectivity index (χ3n) is 2.34. The first kappa shape index (κ1) is 12.6. The molecule has 0 bridgehead atoms. The second kappa shape index (κ2) is 5.67. The van der Waals surface area contributed by atoms with E-state index in [-0.39, 0.29) is 6.04 Å². The quantitative estimate of drug-likeness (QED) is 0.931. The van der Waals surface area contributed by atoms with E-state index in [0.717, 1.165) is 20.0 Å². The van der Waals surface area contributed by atoms with E-state index in [1.165, 1.54) is 0 Å². The molecule has 1 aromatic carbocycles. The topological polar surface area (TPSA) is 38.9 Å². The van der Waals surface area contributed by atoms with E-state index in [4.69, 9.17) is 5.73 Å². The number of benzene rings is 1. The van der Waals surface area contributed by atoms with Crippen LogP contribution in [0.1, 0.15) is 18.5 Å². The Morgan fingerprint density at radius 1 is 1.29 bits per heavy atom. The van der Waals surface area contributed by atoms with Gasteiger partial charge in [0.05, 0.1) is 0 Å². The Kier molecular flexibility index (Phi) is 4.20. The molecule has 0 spiro atoms. The smallest absolute Gasteiger partial charge is 0.101 e. The highest BCUT2D eigenvalue weighted by Gasteiger charge is 2.05. The molecular weight excluding hydrogens is 296 g/mol. The summed E-state index contributed by atoms with van der Waals surface area (Å²) in [4.78, 5) is 5.50. The van der Waals surface area contributed by atoms with Gasteiger partial charge in [0.15, 0.2) is 0 Å². The summed E-state index contributed by atoms with van der Waals surface area (Å²) in [5, 5.41) is 0.965. The number of halogens is 1. The minimum Gasteiger partial charge on any atom is -0.324 e. The third-order valence-corrected chi connectivity index (χ3v) is 4.30. The number of nitrogens with zero attached hydrogens (tertiary/aromatic N) is 1. The van der Waals surface area contributed by atoms with E-state index in [1.54, 1.807) is 18.0 Å². The summed E-state index contributed by atoms with van der Waals surface area (Å²) in [5.74, 6) is 0. The summed E-state index contributed by atoms with van der Waals surface area (Å²) >= 11 is 5.16. The van der Waals surface area contributed by atoms with Crippen molar-refractivity contribution in [3.8, 4) is 0 Å². The molecule has 1 aromatic heterocycles. The van der Waals surface area contributed by atoms with E-state index >= 15 is 0 Å². The molecule has 0 aliphatic rings. The minimum atomic E-state index is 0.0385. The largest absolute Gasteiger partial charge is 0.324 e. The van der Waals surface area contributed by atoms with Crippen molar-refractivity contribution in [2.75, 3.05) is 0 Å². The fraction of sp³-hybridized carbons (Fsp3) is 0.154. The van der Waals surface area contributed by atoms with Gasteiger partial charge in [-0.15, -0.1) is 0 Å². The van der Waals surface area contributed by atoms with E-state index in [0.29, 0.717) is 0 Å². The van der Waals surface area contributed by atoms with Crippen LogP contribution in [0.5, 0.6) is 0 Å². The molecule has 88 valence electrons. The summed E-state index contributed by atoms with van der Waals surface area (Å²) in [7, 11) is 0. The second-order valence-corrected chi connectivity index (χ2v) is 5.67. The van der Waals surface area contributed by atoms with E-state index < -0.39 is 0 Å². The Labute approximate surface area is 114 Å². The summed E-state index contributed by atoms with van der Waals surface area (Å²) in [6.07, 6.45) is 1.80. The maximum Gasteiger partial charge on any atom is 0.101 e. The van der Waals surface area contributed by atoms with E-state index in [9.17, 15) is 0 Å². The van der Waals surface area contributed by atoms with Gasteiger partial charge in [-0.2, -0.15) is 0 Å². The Balaban J connectivity index is 2.25. The summed E-state index contributed by atoms with van der Waals surface area (Å²) in [6.45, 7) is 1.97. The summed E-state index contributed by atoms with van der Waals surface area (Å²) < 4.78 is 1.08. The average molecular weight is 309 g/mol. The minimum absolute atomic E-state index is 0.0385. The van der Waals surface area contributed by atoms with Gasteiger partial charge in [0.25, 0.3) is 0 Å². The Bertz CT molecular complexity index is 514. The normalized spacial score (nSPS) is 12.4. The lowest BCUT2D eigenvalue weighted by atomic mass is 10.1. The van der Waals surface area contributed by atoms with Crippen LogP contribution in [0.3, 0.4) is 0 Å². The first-order chi connectivity index (χ1) is 8.16. The molecular formula is C13H13BrN2S. The molecule has 17 heavy (non-hydrogen) atoms. The number of hydrogen-bond donors (Lipinski definition) is 1. The molecule has 2 nitrogen and oxygen atoms in total. The predicted octanol–water partition coefficient (Wildman–Crippen LogP) is 4.02. The van der Waals surface area contributed by atoms with Crippen LogP contribution < -0.4 is 5.73 Å². The molecule has 0 aliphatic carbocycles. The fourth-order valence-electron chi connectivity index (χ4n) is 1.40. The van der Waals surface area contributed by atoms with Crippen LogP contribution in [0.2, 0.25) is 0 Å². The highest BCUT2D eigenvalue weighted by atomic mass is 79.9. The zero-order chi connectivity index (χ0) is 12.3. The highest BCUT2D eigenvalue weighted by Crippen LogP contribution is 2.32. The van der Waals surface area contributed by atoms with Crippen molar-refractivity contribution >= 4 is 27.7 Å². The number of pyridine rings is 1. The fourth-order valence-corrected chi connectivity index (χ4v) is 2.78. The van der Waals surface area contributed by atoms with Gasteiger partial charge in [-0.25, -0.2) is 4.98 Å². The molecule has 2 aromatic rings. The number of nitrogens with two attached hydrogens (primary N) is 1. The molecule has 2 rings (SSSR count). The maximum atomic E-state index is 5.86. The van der Waals surface area contributed by atoms with Crippen LogP contribution >= 0.6 is 27.7 Å². The lowest BCUT2D eigenvalue weighted by Gasteiger charge is -2.07. The molecule has 0 saturated heterocycles. The lowest BCUT2D eigenvalue weighted by molar-refractivity contribution is 0.808. The van der Waals surface area contributed by atoms with Crippen molar-refractivity contribution in [1.82, 2.24) is 4.98 Å². The Morgan fingerprint density at radius 3 is 2.76 bits per heavy atom. The van der Waals surface area contributed by atoms with Gasteiger partial charge in [-0.1, -0.05) is 23.9 Å². The maximum absolute atomic E-state index is 5.86. The standard InChI is InChI=1S/C13H13BrN2S/c1-9(15)10-6-7-16-13(8-10)17-12-5-3-2-4-11(12)14/h2-9H,15H2,1H3. The van der Waals surface area contributed by atoms with Crippen LogP contribution in [0.4, 0.5) is 0 Å². The third kappa shape index (κ3) is 3.31. The molecule has 1 atom stereocenters. The second-order valence-electron chi connectivity index (χ2n) is 3.75. The first-order valence-corrected chi connectivity index (χ1v) is 6.91. The predicted molar refractivity (Wildman–Crippen MR) is 75.1 cm³/mol. The lowest BCUT2D eigenvalue weighted by Crippen LogP contribution is -2.04. The number of rotatable bonds is 3. The van der Waals surface area contributed by atoms with Crippen molar-refractivity contribution < 1.29 is 0 Å². The molecule has 0 saturated carbocycles. The van der Waals surface area contributed by atoms with Crippen molar-refractivity contribution in [2.24, 2.45) is 5.73 Å². The molecule has 0 amide bonds. The van der Waals surface area contributed by atoms with Gasteiger partial charge < -0.3 is 5.73 Å². The highest BCUT2D eigenvalue weighted by molar-refractivity contribution is 9.10. The van der Waals surface area contributed by atoms with E-state index in [2.05, 4.69) is 27.0 Å². The van der Waals surface area contributed by atoms with Crippen LogP contribution in [0, 0.1) is 0 Å². The molecule has 1 heterocycles. The molecule has 0 fully saturated rings. The van der Waals surface area contributed by atoms with Crippen LogP contribution in [0.25, 0.3) is 0 Å². The monoisotopic (exact) mass is 308 g/mol. The molecule has 0 aliphatic heterocycles. The van der Waals surface area contributed by atoms with Crippen molar-refractivity contribution in [3.63, 3.8) is 0 Å². The molecule has 0 radical (unpaired) electrons.